The number of para-hydroxylation sites is 1. The van der Waals surface area contributed by atoms with Crippen LogP contribution in [-0.2, 0) is 28.7 Å². The molecule has 0 unspecified atom stereocenters. The van der Waals surface area contributed by atoms with Crippen molar-refractivity contribution in [3.63, 3.8) is 0 Å². The molecule has 30 heavy (non-hydrogen) atoms. The highest BCUT2D eigenvalue weighted by Gasteiger charge is 2.49. The average molecular weight is 403 g/mol. The molecule has 6 heteroatoms. The van der Waals surface area contributed by atoms with Gasteiger partial charge in [0.05, 0.1) is 17.2 Å². The highest BCUT2D eigenvalue weighted by atomic mass is 16.5. The van der Waals surface area contributed by atoms with E-state index in [0.29, 0.717) is 13.1 Å². The fourth-order valence-corrected chi connectivity index (χ4v) is 4.90. The van der Waals surface area contributed by atoms with Crippen molar-refractivity contribution in [1.29, 1.82) is 0 Å². The summed E-state index contributed by atoms with van der Waals surface area (Å²) in [7, 11) is 1.82. The van der Waals surface area contributed by atoms with Crippen LogP contribution in [0.15, 0.2) is 65.5 Å². The van der Waals surface area contributed by atoms with E-state index in [1.807, 2.05) is 55.6 Å². The molecule has 2 aliphatic rings. The van der Waals surface area contributed by atoms with Crippen LogP contribution >= 0.6 is 0 Å². The number of carbonyl (C=O) groups excluding carboxylic acids is 1. The van der Waals surface area contributed by atoms with Crippen LogP contribution in [0.2, 0.25) is 0 Å². The van der Waals surface area contributed by atoms with Gasteiger partial charge >= 0.3 is 0 Å². The van der Waals surface area contributed by atoms with Crippen molar-refractivity contribution in [2.45, 2.75) is 24.6 Å². The first-order chi connectivity index (χ1) is 14.6. The van der Waals surface area contributed by atoms with Crippen LogP contribution < -0.4 is 10.9 Å². The van der Waals surface area contributed by atoms with Crippen LogP contribution in [0.3, 0.4) is 0 Å². The molecule has 2 atom stereocenters. The van der Waals surface area contributed by atoms with Crippen LogP contribution in [0, 0.1) is 0 Å². The van der Waals surface area contributed by atoms with Crippen LogP contribution in [0.1, 0.15) is 17.5 Å². The number of nitrogens with zero attached hydrogens (tertiary/aromatic N) is 2. The number of aromatic nitrogens is 1. The van der Waals surface area contributed by atoms with E-state index in [-0.39, 0.29) is 24.2 Å². The molecule has 0 spiro atoms. The standard InChI is InChI=1S/C24H25N3O3/c1-26-20-10-6-5-7-17(20)13-18(23(26)29)14-27-12-11-24(19-8-3-2-4-9-19)21(15-27)30-16-22(28)25-24/h2-10,13,21H,11-12,14-16H2,1H3,(H,25,28)/t21-,24+/m1/s1. The molecule has 3 heterocycles. The predicted octanol–water partition coefficient (Wildman–Crippen LogP) is 2.15. The first-order valence-corrected chi connectivity index (χ1v) is 10.3. The van der Waals surface area contributed by atoms with E-state index in [0.717, 1.165) is 35.0 Å². The number of hydrogen-bond acceptors (Lipinski definition) is 4. The molecule has 3 aromatic rings. The Morgan fingerprint density at radius 2 is 1.87 bits per heavy atom. The molecule has 2 aliphatic heterocycles. The maximum atomic E-state index is 12.9. The molecule has 2 saturated heterocycles. The predicted molar refractivity (Wildman–Crippen MR) is 115 cm³/mol. The molecule has 154 valence electrons. The lowest BCUT2D eigenvalue weighted by molar-refractivity contribution is -0.152. The van der Waals surface area contributed by atoms with Crippen LogP contribution in [-0.4, -0.2) is 41.2 Å². The summed E-state index contributed by atoms with van der Waals surface area (Å²) >= 11 is 0. The van der Waals surface area contributed by atoms with Gasteiger partial charge in [-0.1, -0.05) is 48.5 Å². The lowest BCUT2D eigenvalue weighted by Crippen LogP contribution is -2.66. The van der Waals surface area contributed by atoms with E-state index in [1.54, 1.807) is 4.57 Å². The van der Waals surface area contributed by atoms with Crippen molar-refractivity contribution in [3.8, 4) is 0 Å². The summed E-state index contributed by atoms with van der Waals surface area (Å²) in [6.45, 7) is 2.07. The van der Waals surface area contributed by atoms with E-state index in [2.05, 4.69) is 22.3 Å². The molecule has 0 bridgehead atoms. The number of ether oxygens (including phenoxy) is 1. The highest BCUT2D eigenvalue weighted by molar-refractivity contribution is 5.80. The summed E-state index contributed by atoms with van der Waals surface area (Å²) in [6, 6.07) is 20.0. The molecule has 2 aromatic carbocycles. The third-order valence-corrected chi connectivity index (χ3v) is 6.46. The van der Waals surface area contributed by atoms with Crippen LogP contribution in [0.25, 0.3) is 10.9 Å². The Bertz CT molecular complexity index is 1160. The zero-order valence-corrected chi connectivity index (χ0v) is 17.0. The number of nitrogens with one attached hydrogen (secondary N) is 1. The number of fused-ring (bicyclic) bond motifs is 2. The molecule has 1 aromatic heterocycles. The van der Waals surface area contributed by atoms with Gasteiger partial charge in [0.25, 0.3) is 5.56 Å². The minimum absolute atomic E-state index is 0.0338. The van der Waals surface area contributed by atoms with Gasteiger partial charge in [0.1, 0.15) is 6.61 Å². The Morgan fingerprint density at radius 3 is 2.70 bits per heavy atom. The van der Waals surface area contributed by atoms with Gasteiger partial charge in [-0.2, -0.15) is 0 Å². The Kier molecular flexibility index (Phi) is 4.68. The molecule has 0 radical (unpaired) electrons. The zero-order valence-electron chi connectivity index (χ0n) is 17.0. The van der Waals surface area contributed by atoms with E-state index in [4.69, 9.17) is 4.74 Å². The number of piperidine rings is 1. The van der Waals surface area contributed by atoms with Crippen LogP contribution in [0.4, 0.5) is 0 Å². The van der Waals surface area contributed by atoms with Gasteiger partial charge in [0.15, 0.2) is 0 Å². The van der Waals surface area contributed by atoms with Crippen molar-refractivity contribution >= 4 is 16.8 Å². The summed E-state index contributed by atoms with van der Waals surface area (Å²) < 4.78 is 7.73. The monoisotopic (exact) mass is 403 g/mol. The molecule has 5 rings (SSSR count). The van der Waals surface area contributed by atoms with Crippen molar-refractivity contribution in [1.82, 2.24) is 14.8 Å². The quantitative estimate of drug-likeness (QED) is 0.728. The number of benzene rings is 2. The molecular formula is C24H25N3O3. The summed E-state index contributed by atoms with van der Waals surface area (Å²) in [4.78, 5) is 27.4. The maximum Gasteiger partial charge on any atom is 0.255 e. The number of likely N-dealkylation sites (tertiary alicyclic amines) is 1. The molecule has 0 aliphatic carbocycles. The van der Waals surface area contributed by atoms with E-state index >= 15 is 0 Å². The fraction of sp³-hybridized carbons (Fsp3) is 0.333. The van der Waals surface area contributed by atoms with Crippen LogP contribution in [0.5, 0.6) is 0 Å². The zero-order chi connectivity index (χ0) is 20.7. The second-order valence-corrected chi connectivity index (χ2v) is 8.26. The number of pyridine rings is 1. The normalized spacial score (nSPS) is 24.4. The van der Waals surface area contributed by atoms with Crippen molar-refractivity contribution in [3.05, 3.63) is 82.1 Å². The number of rotatable bonds is 3. The molecule has 6 nitrogen and oxygen atoms in total. The molecule has 1 amide bonds. The van der Waals surface area contributed by atoms with Gasteiger partial charge in [-0.3, -0.25) is 14.5 Å². The van der Waals surface area contributed by atoms with Gasteiger partial charge in [0, 0.05) is 32.2 Å². The first-order valence-electron chi connectivity index (χ1n) is 10.3. The Balaban J connectivity index is 1.43. The van der Waals surface area contributed by atoms with E-state index < -0.39 is 5.54 Å². The summed E-state index contributed by atoms with van der Waals surface area (Å²) in [6.07, 6.45) is 0.581. The Hall–Kier alpha value is -2.96. The second kappa shape index (κ2) is 7.38. The summed E-state index contributed by atoms with van der Waals surface area (Å²) in [5.74, 6) is -0.0769. The topological polar surface area (TPSA) is 63.6 Å². The second-order valence-electron chi connectivity index (χ2n) is 8.26. The van der Waals surface area contributed by atoms with Gasteiger partial charge in [-0.15, -0.1) is 0 Å². The number of aryl methyl sites for hydroxylation is 1. The molecule has 1 N–H and O–H groups in total. The Labute approximate surface area is 175 Å². The van der Waals surface area contributed by atoms with Crippen molar-refractivity contribution < 1.29 is 9.53 Å². The fourth-order valence-electron chi connectivity index (χ4n) is 4.90. The van der Waals surface area contributed by atoms with Crippen molar-refractivity contribution in [2.75, 3.05) is 19.7 Å². The number of hydrogen-bond donors (Lipinski definition) is 1. The van der Waals surface area contributed by atoms with Crippen molar-refractivity contribution in [2.24, 2.45) is 7.05 Å². The molecular weight excluding hydrogens is 378 g/mol. The Morgan fingerprint density at radius 1 is 1.10 bits per heavy atom. The van der Waals surface area contributed by atoms with Gasteiger partial charge in [0.2, 0.25) is 5.91 Å². The molecule has 0 saturated carbocycles. The lowest BCUT2D eigenvalue weighted by atomic mass is 9.77. The van der Waals surface area contributed by atoms with E-state index in [9.17, 15) is 9.59 Å². The first kappa shape index (κ1) is 19.0. The number of amides is 1. The molecule has 2 fully saturated rings. The van der Waals surface area contributed by atoms with E-state index in [1.165, 1.54) is 0 Å². The highest BCUT2D eigenvalue weighted by Crippen LogP contribution is 2.37. The minimum atomic E-state index is -0.512. The average Bonchev–Trinajstić information content (AvgIpc) is 2.78. The summed E-state index contributed by atoms with van der Waals surface area (Å²) in [5, 5.41) is 4.28. The number of morpholine rings is 1. The SMILES string of the molecule is Cn1c(=O)c(CN2CC[C@@]3(c4ccccc4)NC(=O)CO[C@@H]3C2)cc2ccccc21. The number of carbonyl (C=O) groups is 1. The largest absolute Gasteiger partial charge is 0.364 e. The third kappa shape index (κ3) is 3.13. The lowest BCUT2D eigenvalue weighted by Gasteiger charge is -2.50. The minimum Gasteiger partial charge on any atom is -0.364 e. The smallest absolute Gasteiger partial charge is 0.255 e. The van der Waals surface area contributed by atoms with Gasteiger partial charge in [-0.25, -0.2) is 0 Å². The third-order valence-electron chi connectivity index (χ3n) is 6.46. The van der Waals surface area contributed by atoms with Gasteiger partial charge < -0.3 is 14.6 Å². The van der Waals surface area contributed by atoms with Gasteiger partial charge in [-0.05, 0) is 29.5 Å². The maximum absolute atomic E-state index is 12.9. The summed E-state index contributed by atoms with van der Waals surface area (Å²) in [5.41, 5.74) is 2.31.